The van der Waals surface area contributed by atoms with Crippen molar-refractivity contribution in [2.45, 2.75) is 19.3 Å². The van der Waals surface area contributed by atoms with Crippen molar-refractivity contribution >= 4 is 5.97 Å². The van der Waals surface area contributed by atoms with E-state index in [4.69, 9.17) is 5.11 Å². The summed E-state index contributed by atoms with van der Waals surface area (Å²) in [4.78, 5) is 10.3. The van der Waals surface area contributed by atoms with Crippen LogP contribution in [0.5, 0.6) is 0 Å². The van der Waals surface area contributed by atoms with E-state index in [-0.39, 0.29) is 0 Å². The molecule has 0 amide bonds. The van der Waals surface area contributed by atoms with Crippen LogP contribution in [-0.4, -0.2) is 11.1 Å². The van der Waals surface area contributed by atoms with Crippen molar-refractivity contribution in [1.82, 2.24) is 0 Å². The van der Waals surface area contributed by atoms with Crippen LogP contribution in [0.15, 0.2) is 23.8 Å². The monoisotopic (exact) mass is 164 g/mol. The van der Waals surface area contributed by atoms with Gasteiger partial charge in [-0.3, -0.25) is 0 Å². The molecule has 0 saturated heterocycles. The summed E-state index contributed by atoms with van der Waals surface area (Å²) in [5.74, 6) is 0.275. The minimum Gasteiger partial charge on any atom is -0.478 e. The number of hydrogen-bond donors (Lipinski definition) is 1. The topological polar surface area (TPSA) is 37.3 Å². The van der Waals surface area contributed by atoms with Crippen LogP contribution in [0, 0.1) is 11.8 Å². The van der Waals surface area contributed by atoms with Gasteiger partial charge in [-0.25, -0.2) is 4.79 Å². The zero-order valence-electron chi connectivity index (χ0n) is 6.86. The Hall–Kier alpha value is -1.05. The highest BCUT2D eigenvalue weighted by Gasteiger charge is 2.30. The van der Waals surface area contributed by atoms with E-state index in [1.165, 1.54) is 30.9 Å². The van der Waals surface area contributed by atoms with Crippen LogP contribution in [0.2, 0.25) is 0 Å². The molecule has 2 unspecified atom stereocenters. The van der Waals surface area contributed by atoms with Gasteiger partial charge >= 0.3 is 5.97 Å². The van der Waals surface area contributed by atoms with Gasteiger partial charge in [-0.05, 0) is 31.1 Å². The van der Waals surface area contributed by atoms with E-state index in [1.54, 1.807) is 0 Å². The normalized spacial score (nSPS) is 32.8. The minimum atomic E-state index is -0.837. The standard InChI is InChI=1S/C10H12O2/c11-10(12)4-3-9-6-7-1-2-8(9)5-7/h3-4,6,8-9H,1-2,5H2,(H,11,12). The largest absolute Gasteiger partial charge is 0.478 e. The van der Waals surface area contributed by atoms with Gasteiger partial charge in [-0.15, -0.1) is 0 Å². The van der Waals surface area contributed by atoms with Gasteiger partial charge in [0, 0.05) is 6.08 Å². The van der Waals surface area contributed by atoms with Crippen LogP contribution in [0.3, 0.4) is 0 Å². The van der Waals surface area contributed by atoms with Gasteiger partial charge in [0.05, 0.1) is 0 Å². The molecule has 1 fully saturated rings. The SMILES string of the molecule is O=C(O)C=CC1C=C2CCC1C2. The molecule has 0 aromatic rings. The van der Waals surface area contributed by atoms with Crippen molar-refractivity contribution in [3.05, 3.63) is 23.8 Å². The number of carbonyl (C=O) groups is 1. The molecule has 0 spiro atoms. The summed E-state index contributed by atoms with van der Waals surface area (Å²) in [6, 6.07) is 0. The summed E-state index contributed by atoms with van der Waals surface area (Å²) < 4.78 is 0. The molecule has 2 bridgehead atoms. The summed E-state index contributed by atoms with van der Waals surface area (Å²) >= 11 is 0. The van der Waals surface area contributed by atoms with Crippen LogP contribution < -0.4 is 0 Å². The van der Waals surface area contributed by atoms with E-state index in [0.717, 1.165) is 0 Å². The predicted octanol–water partition coefficient (Wildman–Crippen LogP) is 1.98. The molecule has 2 aliphatic carbocycles. The van der Waals surface area contributed by atoms with Crippen LogP contribution >= 0.6 is 0 Å². The van der Waals surface area contributed by atoms with Crippen LogP contribution in [0.25, 0.3) is 0 Å². The van der Waals surface area contributed by atoms with E-state index in [9.17, 15) is 4.79 Å². The number of hydrogen-bond acceptors (Lipinski definition) is 1. The molecule has 0 aromatic carbocycles. The Kier molecular flexibility index (Phi) is 1.75. The van der Waals surface area contributed by atoms with Crippen LogP contribution in [0.4, 0.5) is 0 Å². The quantitative estimate of drug-likeness (QED) is 0.500. The molecule has 2 rings (SSSR count). The Morgan fingerprint density at radius 2 is 2.50 bits per heavy atom. The van der Waals surface area contributed by atoms with E-state index in [0.29, 0.717) is 11.8 Å². The zero-order chi connectivity index (χ0) is 8.55. The fraction of sp³-hybridized carbons (Fsp3) is 0.500. The number of aliphatic carboxylic acids is 1. The molecular weight excluding hydrogens is 152 g/mol. The first-order valence-electron chi connectivity index (χ1n) is 4.36. The van der Waals surface area contributed by atoms with Crippen LogP contribution in [-0.2, 0) is 4.79 Å². The third-order valence-electron chi connectivity index (χ3n) is 2.79. The van der Waals surface area contributed by atoms with Crippen molar-refractivity contribution in [3.8, 4) is 0 Å². The van der Waals surface area contributed by atoms with Gasteiger partial charge in [-0.2, -0.15) is 0 Å². The van der Waals surface area contributed by atoms with Crippen molar-refractivity contribution in [1.29, 1.82) is 0 Å². The zero-order valence-corrected chi connectivity index (χ0v) is 6.86. The smallest absolute Gasteiger partial charge is 0.327 e. The lowest BCUT2D eigenvalue weighted by atomic mass is 9.92. The molecule has 64 valence electrons. The first-order chi connectivity index (χ1) is 5.75. The maximum absolute atomic E-state index is 10.3. The molecule has 2 aliphatic rings. The van der Waals surface area contributed by atoms with E-state index < -0.39 is 5.97 Å². The lowest BCUT2D eigenvalue weighted by molar-refractivity contribution is -0.131. The Balaban J connectivity index is 2.04. The average Bonchev–Trinajstić information content (AvgIpc) is 2.60. The Morgan fingerprint density at radius 3 is 3.00 bits per heavy atom. The highest BCUT2D eigenvalue weighted by molar-refractivity contribution is 5.79. The molecule has 1 N–H and O–H groups in total. The van der Waals surface area contributed by atoms with Crippen molar-refractivity contribution < 1.29 is 9.90 Å². The molecular formula is C10H12O2. The summed E-state index contributed by atoms with van der Waals surface area (Å²) in [6.07, 6.45) is 9.01. The molecule has 0 heterocycles. The maximum atomic E-state index is 10.3. The number of rotatable bonds is 2. The lowest BCUT2D eigenvalue weighted by Crippen LogP contribution is -2.04. The third-order valence-corrected chi connectivity index (χ3v) is 2.79. The molecule has 2 heteroatoms. The highest BCUT2D eigenvalue weighted by atomic mass is 16.4. The summed E-state index contributed by atoms with van der Waals surface area (Å²) in [6.45, 7) is 0. The van der Waals surface area contributed by atoms with Gasteiger partial charge in [0.15, 0.2) is 0 Å². The second-order valence-corrected chi connectivity index (χ2v) is 3.60. The first kappa shape index (κ1) is 7.59. The molecule has 2 nitrogen and oxygen atoms in total. The number of carboxylic acid groups (broad SMARTS) is 1. The fourth-order valence-corrected chi connectivity index (χ4v) is 2.21. The highest BCUT2D eigenvalue weighted by Crippen LogP contribution is 2.43. The Morgan fingerprint density at radius 1 is 1.67 bits per heavy atom. The number of fused-ring (bicyclic) bond motifs is 2. The van der Waals surface area contributed by atoms with E-state index >= 15 is 0 Å². The number of carboxylic acids is 1. The Labute approximate surface area is 71.6 Å². The van der Waals surface area contributed by atoms with Gasteiger partial charge in [0.25, 0.3) is 0 Å². The molecule has 0 aliphatic heterocycles. The maximum Gasteiger partial charge on any atom is 0.327 e. The van der Waals surface area contributed by atoms with Crippen molar-refractivity contribution in [3.63, 3.8) is 0 Å². The number of allylic oxidation sites excluding steroid dienone is 3. The van der Waals surface area contributed by atoms with Gasteiger partial charge < -0.3 is 5.11 Å². The second kappa shape index (κ2) is 2.77. The van der Waals surface area contributed by atoms with Crippen LogP contribution in [0.1, 0.15) is 19.3 Å². The molecule has 0 radical (unpaired) electrons. The summed E-state index contributed by atoms with van der Waals surface area (Å²) in [5, 5.41) is 8.44. The fourth-order valence-electron chi connectivity index (χ4n) is 2.21. The average molecular weight is 164 g/mol. The second-order valence-electron chi connectivity index (χ2n) is 3.60. The van der Waals surface area contributed by atoms with Crippen molar-refractivity contribution in [2.75, 3.05) is 0 Å². The molecule has 2 atom stereocenters. The third kappa shape index (κ3) is 1.29. The molecule has 0 aromatic heterocycles. The summed E-state index contributed by atoms with van der Waals surface area (Å²) in [5.41, 5.74) is 1.53. The molecule has 1 saturated carbocycles. The summed E-state index contributed by atoms with van der Waals surface area (Å²) in [7, 11) is 0. The van der Waals surface area contributed by atoms with Gasteiger partial charge in [0.2, 0.25) is 0 Å². The first-order valence-corrected chi connectivity index (χ1v) is 4.36. The van der Waals surface area contributed by atoms with Gasteiger partial charge in [0.1, 0.15) is 0 Å². The molecule has 12 heavy (non-hydrogen) atoms. The lowest BCUT2D eigenvalue weighted by Gasteiger charge is -2.12. The predicted molar refractivity (Wildman–Crippen MR) is 45.7 cm³/mol. The van der Waals surface area contributed by atoms with Crippen molar-refractivity contribution in [2.24, 2.45) is 11.8 Å². The van der Waals surface area contributed by atoms with Gasteiger partial charge in [-0.1, -0.05) is 17.7 Å². The Bertz CT molecular complexity index is 263. The minimum absolute atomic E-state index is 0.407. The van der Waals surface area contributed by atoms with E-state index in [2.05, 4.69) is 6.08 Å². The van der Waals surface area contributed by atoms with E-state index in [1.807, 2.05) is 6.08 Å².